The molecule has 1 saturated carbocycles. The van der Waals surface area contributed by atoms with Crippen molar-refractivity contribution in [1.82, 2.24) is 0 Å². The maximum absolute atomic E-state index is 8.97. The van der Waals surface area contributed by atoms with Crippen LogP contribution in [0.3, 0.4) is 0 Å². The van der Waals surface area contributed by atoms with Gasteiger partial charge in [-0.2, -0.15) is 0 Å². The van der Waals surface area contributed by atoms with E-state index >= 15 is 0 Å². The summed E-state index contributed by atoms with van der Waals surface area (Å²) in [6, 6.07) is 5.60. The Bertz CT molecular complexity index is 348. The molecule has 1 aromatic carbocycles. The van der Waals surface area contributed by atoms with E-state index in [0.29, 0.717) is 11.4 Å². The second-order valence-corrected chi connectivity index (χ2v) is 4.77. The number of hydrogen-bond acceptors (Lipinski definition) is 2. The van der Waals surface area contributed by atoms with E-state index in [9.17, 15) is 0 Å². The van der Waals surface area contributed by atoms with E-state index in [0.717, 1.165) is 23.8 Å². The van der Waals surface area contributed by atoms with Gasteiger partial charge in [0.2, 0.25) is 0 Å². The normalized spacial score (nSPS) is 15.9. The molecule has 0 atom stereocenters. The van der Waals surface area contributed by atoms with Gasteiger partial charge in [-0.05, 0) is 48.9 Å². The van der Waals surface area contributed by atoms with Gasteiger partial charge in [0.1, 0.15) is 5.75 Å². The molecule has 0 aliphatic heterocycles. The largest absolute Gasteiger partial charge is 0.493 e. The van der Waals surface area contributed by atoms with Crippen molar-refractivity contribution in [2.45, 2.75) is 25.7 Å². The first kappa shape index (κ1) is 11.7. The van der Waals surface area contributed by atoms with Crippen molar-refractivity contribution in [1.29, 1.82) is 0 Å². The highest BCUT2D eigenvalue weighted by molar-refractivity contribution is 6.30. The topological polar surface area (TPSA) is 29.5 Å². The van der Waals surface area contributed by atoms with Crippen LogP contribution >= 0.6 is 11.6 Å². The lowest BCUT2D eigenvalue weighted by Crippen LogP contribution is -2.19. The zero-order valence-corrected chi connectivity index (χ0v) is 10.0. The van der Waals surface area contributed by atoms with Crippen LogP contribution < -0.4 is 4.74 Å². The highest BCUT2D eigenvalue weighted by Gasteiger charge is 2.18. The summed E-state index contributed by atoms with van der Waals surface area (Å²) in [7, 11) is 0. The van der Waals surface area contributed by atoms with Crippen molar-refractivity contribution in [3.8, 4) is 5.75 Å². The van der Waals surface area contributed by atoms with Crippen LogP contribution in [0.5, 0.6) is 5.75 Å². The van der Waals surface area contributed by atoms with Gasteiger partial charge in [0, 0.05) is 11.6 Å². The minimum Gasteiger partial charge on any atom is -0.493 e. The van der Waals surface area contributed by atoms with Gasteiger partial charge in [-0.3, -0.25) is 0 Å². The number of aliphatic hydroxyl groups excluding tert-OH is 1. The molecule has 0 radical (unpaired) electrons. The van der Waals surface area contributed by atoms with Crippen molar-refractivity contribution in [3.05, 3.63) is 28.8 Å². The van der Waals surface area contributed by atoms with Crippen molar-refractivity contribution in [2.75, 3.05) is 13.2 Å². The number of rotatable bonds is 5. The summed E-state index contributed by atoms with van der Waals surface area (Å²) < 4.78 is 5.78. The number of halogens is 1. The van der Waals surface area contributed by atoms with Crippen LogP contribution in [0.4, 0.5) is 0 Å². The molecule has 0 spiro atoms. The quantitative estimate of drug-likeness (QED) is 0.857. The number of ether oxygens (including phenoxy) is 1. The molecule has 1 aliphatic rings. The van der Waals surface area contributed by atoms with E-state index in [1.54, 1.807) is 0 Å². The molecule has 2 rings (SSSR count). The molecule has 0 heterocycles. The summed E-state index contributed by atoms with van der Waals surface area (Å²) in [6.45, 7) is 0.917. The molecule has 0 unspecified atom stereocenters. The van der Waals surface area contributed by atoms with Crippen LogP contribution in [0.1, 0.15) is 24.8 Å². The Kier molecular flexibility index (Phi) is 4.08. The SMILES string of the molecule is OCCc1cc(Cl)ccc1OCC1CCC1. The summed E-state index contributed by atoms with van der Waals surface area (Å²) in [5, 5.41) is 9.67. The fourth-order valence-electron chi connectivity index (χ4n) is 1.87. The van der Waals surface area contributed by atoms with Gasteiger partial charge in [0.25, 0.3) is 0 Å². The Morgan fingerprint density at radius 1 is 1.38 bits per heavy atom. The maximum atomic E-state index is 8.97. The summed E-state index contributed by atoms with van der Waals surface area (Å²) in [4.78, 5) is 0. The molecule has 1 fully saturated rings. The molecule has 2 nitrogen and oxygen atoms in total. The minimum absolute atomic E-state index is 0.125. The molecule has 88 valence electrons. The predicted molar refractivity (Wildman–Crippen MR) is 65.1 cm³/mol. The Hall–Kier alpha value is -0.730. The Balaban J connectivity index is 1.99. The maximum Gasteiger partial charge on any atom is 0.122 e. The zero-order valence-electron chi connectivity index (χ0n) is 9.29. The van der Waals surface area contributed by atoms with Gasteiger partial charge in [-0.1, -0.05) is 18.0 Å². The molecular weight excluding hydrogens is 224 g/mol. The summed E-state index contributed by atoms with van der Waals surface area (Å²) >= 11 is 5.92. The van der Waals surface area contributed by atoms with E-state index in [1.165, 1.54) is 19.3 Å². The fraction of sp³-hybridized carbons (Fsp3) is 0.538. The molecule has 1 N–H and O–H groups in total. The van der Waals surface area contributed by atoms with Gasteiger partial charge < -0.3 is 9.84 Å². The van der Waals surface area contributed by atoms with Crippen molar-refractivity contribution in [2.24, 2.45) is 5.92 Å². The van der Waals surface area contributed by atoms with Crippen molar-refractivity contribution < 1.29 is 9.84 Å². The van der Waals surface area contributed by atoms with Crippen molar-refractivity contribution in [3.63, 3.8) is 0 Å². The number of hydrogen-bond donors (Lipinski definition) is 1. The smallest absolute Gasteiger partial charge is 0.122 e. The standard InChI is InChI=1S/C13H17ClO2/c14-12-4-5-13(11(8-12)6-7-15)16-9-10-2-1-3-10/h4-5,8,10,15H,1-3,6-7,9H2. The van der Waals surface area contributed by atoms with E-state index in [-0.39, 0.29) is 6.61 Å². The molecular formula is C13H17ClO2. The average molecular weight is 241 g/mol. The van der Waals surface area contributed by atoms with E-state index in [2.05, 4.69) is 0 Å². The predicted octanol–water partition coefficient (Wildman–Crippen LogP) is 3.05. The van der Waals surface area contributed by atoms with Crippen LogP contribution in [0.25, 0.3) is 0 Å². The molecule has 0 saturated heterocycles. The molecule has 1 aliphatic carbocycles. The van der Waals surface area contributed by atoms with Gasteiger partial charge in [-0.25, -0.2) is 0 Å². The first-order valence-electron chi connectivity index (χ1n) is 5.81. The third kappa shape index (κ3) is 2.89. The Labute approximate surface area is 101 Å². The molecule has 16 heavy (non-hydrogen) atoms. The molecule has 0 aromatic heterocycles. The molecule has 3 heteroatoms. The lowest BCUT2D eigenvalue weighted by molar-refractivity contribution is 0.179. The van der Waals surface area contributed by atoms with Crippen LogP contribution in [-0.4, -0.2) is 18.3 Å². The lowest BCUT2D eigenvalue weighted by atomic mass is 9.86. The first-order chi connectivity index (χ1) is 7.79. The van der Waals surface area contributed by atoms with Crippen LogP contribution in [0.15, 0.2) is 18.2 Å². The summed E-state index contributed by atoms with van der Waals surface area (Å²) in [5.41, 5.74) is 0.995. The summed E-state index contributed by atoms with van der Waals surface area (Å²) in [6.07, 6.45) is 4.49. The molecule has 0 bridgehead atoms. The van der Waals surface area contributed by atoms with Gasteiger partial charge in [0.15, 0.2) is 0 Å². The Morgan fingerprint density at radius 2 is 2.19 bits per heavy atom. The van der Waals surface area contributed by atoms with Crippen LogP contribution in [0.2, 0.25) is 5.02 Å². The number of aliphatic hydroxyl groups is 1. The third-order valence-corrected chi connectivity index (χ3v) is 3.34. The highest BCUT2D eigenvalue weighted by atomic mass is 35.5. The third-order valence-electron chi connectivity index (χ3n) is 3.10. The van der Waals surface area contributed by atoms with Gasteiger partial charge >= 0.3 is 0 Å². The van der Waals surface area contributed by atoms with E-state index < -0.39 is 0 Å². The first-order valence-corrected chi connectivity index (χ1v) is 6.19. The zero-order chi connectivity index (χ0) is 11.4. The van der Waals surface area contributed by atoms with Gasteiger partial charge in [-0.15, -0.1) is 0 Å². The highest BCUT2D eigenvalue weighted by Crippen LogP contribution is 2.29. The second-order valence-electron chi connectivity index (χ2n) is 4.33. The monoisotopic (exact) mass is 240 g/mol. The van der Waals surface area contributed by atoms with Crippen LogP contribution in [-0.2, 0) is 6.42 Å². The minimum atomic E-state index is 0.125. The number of benzene rings is 1. The van der Waals surface area contributed by atoms with Crippen LogP contribution in [0, 0.1) is 5.92 Å². The Morgan fingerprint density at radius 3 is 2.81 bits per heavy atom. The summed E-state index contributed by atoms with van der Waals surface area (Å²) in [5.74, 6) is 1.59. The van der Waals surface area contributed by atoms with Crippen molar-refractivity contribution >= 4 is 11.6 Å². The van der Waals surface area contributed by atoms with E-state index in [4.69, 9.17) is 21.4 Å². The lowest BCUT2D eigenvalue weighted by Gasteiger charge is -2.25. The molecule has 1 aromatic rings. The second kappa shape index (κ2) is 5.55. The average Bonchev–Trinajstić information content (AvgIpc) is 2.19. The van der Waals surface area contributed by atoms with Gasteiger partial charge in [0.05, 0.1) is 6.61 Å². The van der Waals surface area contributed by atoms with E-state index in [1.807, 2.05) is 18.2 Å². The molecule has 0 amide bonds. The fourth-order valence-corrected chi connectivity index (χ4v) is 2.07.